The van der Waals surface area contributed by atoms with Gasteiger partial charge in [-0.1, -0.05) is 25.8 Å². The van der Waals surface area contributed by atoms with Crippen molar-refractivity contribution in [3.8, 4) is 0 Å². The Balaban J connectivity index is 0.000000956. The molecule has 0 radical (unpaired) electrons. The summed E-state index contributed by atoms with van der Waals surface area (Å²) in [5.74, 6) is 0. The van der Waals surface area contributed by atoms with E-state index in [-0.39, 0.29) is 0 Å². The van der Waals surface area contributed by atoms with Crippen LogP contribution >= 0.6 is 9.53 Å². The van der Waals surface area contributed by atoms with Gasteiger partial charge in [-0.05, 0) is 19.3 Å². The third-order valence-electron chi connectivity index (χ3n) is 3.52. The van der Waals surface area contributed by atoms with Gasteiger partial charge >= 0.3 is 27.7 Å². The fourth-order valence-electron chi connectivity index (χ4n) is 2.44. The molecule has 0 unspecified atom stereocenters. The SMILES string of the molecule is C(/C=N/N1CCCCCC1)=N\N1C[CH-]CCCC1.[Cl][Pd+]. The van der Waals surface area contributed by atoms with Gasteiger partial charge in [-0.25, -0.2) is 0 Å². The van der Waals surface area contributed by atoms with Crippen molar-refractivity contribution in [2.24, 2.45) is 10.2 Å². The molecule has 0 bridgehead atoms. The van der Waals surface area contributed by atoms with E-state index in [1.807, 2.05) is 12.4 Å². The van der Waals surface area contributed by atoms with Crippen LogP contribution in [0.3, 0.4) is 0 Å². The summed E-state index contributed by atoms with van der Waals surface area (Å²) in [6, 6.07) is 0. The van der Waals surface area contributed by atoms with Gasteiger partial charge in [0.05, 0.1) is 12.4 Å². The van der Waals surface area contributed by atoms with Crippen LogP contribution in [0, 0.1) is 6.42 Å². The predicted octanol–water partition coefficient (Wildman–Crippen LogP) is 3.21. The van der Waals surface area contributed by atoms with Gasteiger partial charge in [-0.2, -0.15) is 16.6 Å². The summed E-state index contributed by atoms with van der Waals surface area (Å²) in [5, 5.41) is 13.2. The third-order valence-corrected chi connectivity index (χ3v) is 3.52. The van der Waals surface area contributed by atoms with Gasteiger partial charge in [-0.15, -0.1) is 0 Å². The molecule has 0 aliphatic carbocycles. The van der Waals surface area contributed by atoms with E-state index in [4.69, 9.17) is 0 Å². The van der Waals surface area contributed by atoms with Gasteiger partial charge in [0.15, 0.2) is 0 Å². The Morgan fingerprint density at radius 2 is 1.35 bits per heavy atom. The molecule has 0 aromatic carbocycles. The fourth-order valence-corrected chi connectivity index (χ4v) is 2.44. The van der Waals surface area contributed by atoms with Crippen LogP contribution in [0.15, 0.2) is 10.2 Å². The third kappa shape index (κ3) is 8.24. The second-order valence-corrected chi connectivity index (χ2v) is 5.09. The first-order valence-corrected chi connectivity index (χ1v) is 9.45. The minimum atomic E-state index is 0.980. The van der Waals surface area contributed by atoms with Crippen LogP contribution in [0.1, 0.15) is 44.9 Å². The average molecular weight is 391 g/mol. The number of rotatable bonds is 3. The molecule has 0 saturated carbocycles. The van der Waals surface area contributed by atoms with E-state index in [0.29, 0.717) is 0 Å². The normalized spacial score (nSPS) is 21.6. The molecule has 0 N–H and O–H groups in total. The van der Waals surface area contributed by atoms with Crippen molar-refractivity contribution in [3.63, 3.8) is 0 Å². The second-order valence-electron chi connectivity index (χ2n) is 5.09. The number of hydrogen-bond acceptors (Lipinski definition) is 4. The van der Waals surface area contributed by atoms with E-state index < -0.39 is 0 Å². The van der Waals surface area contributed by atoms with Crippen molar-refractivity contribution in [1.29, 1.82) is 0 Å². The van der Waals surface area contributed by atoms with Crippen LogP contribution in [0.25, 0.3) is 0 Å². The first-order chi connectivity index (χ1) is 9.95. The summed E-state index contributed by atoms with van der Waals surface area (Å²) in [6.07, 6.45) is 15.0. The predicted molar refractivity (Wildman–Crippen MR) is 82.6 cm³/mol. The summed E-state index contributed by atoms with van der Waals surface area (Å²) in [4.78, 5) is 0. The standard InChI is InChI=1S/C14H25N4.ClH.Pd/c1-2-6-12-17(11-5-1)15-9-10-16-18-13-7-3-4-8-14-18;;/h5,9-10H,1-4,6-8,11-14H2;1H;/q-1;;+2/p-1/b15-9+,16-10+;;. The van der Waals surface area contributed by atoms with Crippen LogP contribution in [-0.2, 0) is 18.2 Å². The Bertz CT molecular complexity index is 242. The summed E-state index contributed by atoms with van der Waals surface area (Å²) in [7, 11) is 4.49. The molecule has 4 nitrogen and oxygen atoms in total. The maximum atomic E-state index is 4.49. The Morgan fingerprint density at radius 1 is 0.800 bits per heavy atom. The van der Waals surface area contributed by atoms with E-state index in [2.05, 4.69) is 54.4 Å². The molecule has 2 aliphatic heterocycles. The van der Waals surface area contributed by atoms with Crippen molar-refractivity contribution in [3.05, 3.63) is 6.42 Å². The quantitative estimate of drug-likeness (QED) is 0.420. The zero-order chi connectivity index (χ0) is 14.5. The van der Waals surface area contributed by atoms with Gasteiger partial charge < -0.3 is 11.4 Å². The molecular weight excluding hydrogens is 366 g/mol. The van der Waals surface area contributed by atoms with Gasteiger partial charge in [0.2, 0.25) is 0 Å². The molecule has 0 aromatic heterocycles. The molecule has 0 aromatic rings. The summed E-state index contributed by atoms with van der Waals surface area (Å²) < 4.78 is 0. The minimum absolute atomic E-state index is 0.980. The monoisotopic (exact) mass is 390 g/mol. The molecular formula is C14H25ClN4Pd. The summed E-state index contributed by atoms with van der Waals surface area (Å²) in [5.41, 5.74) is 0. The van der Waals surface area contributed by atoms with Crippen LogP contribution in [0.2, 0.25) is 0 Å². The zero-order valence-corrected chi connectivity index (χ0v) is 14.3. The molecule has 2 rings (SSSR count). The number of halogens is 1. The average Bonchev–Trinajstić information content (AvgIpc) is 2.91. The van der Waals surface area contributed by atoms with Crippen molar-refractivity contribution in [2.45, 2.75) is 44.9 Å². The zero-order valence-electron chi connectivity index (χ0n) is 12.0. The number of hydrogen-bond donors (Lipinski definition) is 0. The fraction of sp³-hybridized carbons (Fsp3) is 0.786. The molecule has 118 valence electrons. The molecule has 0 amide bonds. The van der Waals surface area contributed by atoms with E-state index >= 15 is 0 Å². The molecule has 2 heterocycles. The molecule has 0 spiro atoms. The number of hydrazone groups is 2. The van der Waals surface area contributed by atoms with Crippen LogP contribution in [0.5, 0.6) is 0 Å². The maximum absolute atomic E-state index is 4.49. The Labute approximate surface area is 138 Å². The molecule has 2 fully saturated rings. The van der Waals surface area contributed by atoms with E-state index in [0.717, 1.165) is 26.2 Å². The summed E-state index contributed by atoms with van der Waals surface area (Å²) in [6.45, 7) is 4.25. The van der Waals surface area contributed by atoms with Crippen molar-refractivity contribution in [2.75, 3.05) is 26.2 Å². The Morgan fingerprint density at radius 3 is 2.05 bits per heavy atom. The molecule has 2 saturated heterocycles. The van der Waals surface area contributed by atoms with Gasteiger partial charge in [0.25, 0.3) is 0 Å². The first kappa shape index (κ1) is 17.9. The van der Waals surface area contributed by atoms with Gasteiger partial charge in [-0.3, -0.25) is 5.01 Å². The molecule has 20 heavy (non-hydrogen) atoms. The molecule has 0 atom stereocenters. The van der Waals surface area contributed by atoms with Crippen LogP contribution < -0.4 is 0 Å². The van der Waals surface area contributed by atoms with E-state index in [1.165, 1.54) is 44.9 Å². The second kappa shape index (κ2) is 12.6. The van der Waals surface area contributed by atoms with Crippen molar-refractivity contribution >= 4 is 22.0 Å². The van der Waals surface area contributed by atoms with Crippen molar-refractivity contribution in [1.82, 2.24) is 10.0 Å². The van der Waals surface area contributed by atoms with Crippen molar-refractivity contribution < 1.29 is 18.2 Å². The van der Waals surface area contributed by atoms with E-state index in [1.54, 1.807) is 0 Å². The Kier molecular flexibility index (Phi) is 11.3. The van der Waals surface area contributed by atoms with E-state index in [9.17, 15) is 0 Å². The number of nitrogens with zero attached hydrogens (tertiary/aromatic N) is 4. The summed E-state index contributed by atoms with van der Waals surface area (Å²) >= 11 is 2.22. The van der Waals surface area contributed by atoms with Crippen LogP contribution in [-0.4, -0.2) is 48.6 Å². The van der Waals surface area contributed by atoms with Gasteiger partial charge in [0, 0.05) is 19.6 Å². The first-order valence-electron chi connectivity index (χ1n) is 7.45. The van der Waals surface area contributed by atoms with Gasteiger partial charge in [0.1, 0.15) is 0 Å². The topological polar surface area (TPSA) is 31.2 Å². The molecule has 2 aliphatic rings. The molecule has 6 heteroatoms. The Hall–Kier alpha value is -0.108. The van der Waals surface area contributed by atoms with Crippen LogP contribution in [0.4, 0.5) is 0 Å².